The first-order chi connectivity index (χ1) is 22.9. The topological polar surface area (TPSA) is 6.48 Å². The van der Waals surface area contributed by atoms with Crippen LogP contribution in [0.5, 0.6) is 0 Å². The molecule has 6 aromatic rings. The van der Waals surface area contributed by atoms with E-state index in [1.165, 1.54) is 27.8 Å². The quantitative estimate of drug-likeness (QED) is 0.164. The Labute approximate surface area is 295 Å². The molecule has 0 saturated carbocycles. The van der Waals surface area contributed by atoms with Crippen LogP contribution in [-0.4, -0.2) is 0 Å². The third-order valence-corrected chi connectivity index (χ3v) is 9.47. The summed E-state index contributed by atoms with van der Waals surface area (Å²) in [5.41, 5.74) is 13.3. The second kappa shape index (κ2) is 13.5. The van der Waals surface area contributed by atoms with Gasteiger partial charge in [-0.15, -0.1) is 0 Å². The molecule has 0 aliphatic heterocycles. The summed E-state index contributed by atoms with van der Waals surface area (Å²) in [6.07, 6.45) is 0. The van der Waals surface area contributed by atoms with Crippen molar-refractivity contribution in [1.29, 1.82) is 0 Å². The number of rotatable bonds is 7. The Kier molecular flexibility index (Phi) is 9.36. The highest BCUT2D eigenvalue weighted by Gasteiger charge is 2.18. The first kappa shape index (κ1) is 33.3. The molecule has 0 atom stereocenters. The minimum Gasteiger partial charge on any atom is -0.311 e. The van der Waals surface area contributed by atoms with Gasteiger partial charge in [0.1, 0.15) is 0 Å². The number of anilines is 6. The van der Waals surface area contributed by atoms with E-state index in [4.69, 9.17) is 0 Å². The lowest BCUT2D eigenvalue weighted by atomic mass is 9.87. The van der Waals surface area contributed by atoms with Crippen LogP contribution < -0.4 is 9.80 Å². The Morgan fingerprint density at radius 2 is 0.604 bits per heavy atom. The molecule has 0 spiro atoms. The molecule has 3 heteroatoms. The third-order valence-electron chi connectivity index (χ3n) is 8.94. The molecule has 0 radical (unpaired) electrons. The lowest BCUT2D eigenvalue weighted by Gasteiger charge is -2.27. The van der Waals surface area contributed by atoms with Crippen LogP contribution in [0.4, 0.5) is 34.1 Å². The predicted molar refractivity (Wildman–Crippen MR) is 211 cm³/mol. The van der Waals surface area contributed by atoms with Crippen molar-refractivity contribution in [1.82, 2.24) is 0 Å². The Morgan fingerprint density at radius 3 is 0.896 bits per heavy atom. The third kappa shape index (κ3) is 7.42. The van der Waals surface area contributed by atoms with Gasteiger partial charge in [-0.25, -0.2) is 0 Å². The van der Waals surface area contributed by atoms with E-state index in [0.717, 1.165) is 38.6 Å². The van der Waals surface area contributed by atoms with E-state index in [9.17, 15) is 0 Å². The molecule has 2 nitrogen and oxygen atoms in total. The molecule has 48 heavy (non-hydrogen) atoms. The molecule has 0 N–H and O–H groups in total. The van der Waals surface area contributed by atoms with Crippen molar-refractivity contribution in [2.24, 2.45) is 0 Å². The molecular formula is C45H45BrN2. The van der Waals surface area contributed by atoms with E-state index < -0.39 is 0 Å². The Bertz CT molecular complexity index is 1790. The van der Waals surface area contributed by atoms with Gasteiger partial charge in [-0.2, -0.15) is 0 Å². The van der Waals surface area contributed by atoms with E-state index in [2.05, 4.69) is 220 Å². The van der Waals surface area contributed by atoms with Crippen LogP contribution >= 0.6 is 15.9 Å². The standard InChI is InChI=1S/C45H45BrN2/c1-32-8-20-38(21-9-32)47(41-26-14-35(15-27-41)44(2,3)4)39-22-10-33(11-23-39)34-12-24-40(25-13-34)48(43-30-18-37(46)19-31-43)42-28-16-36(17-29-42)45(5,6)7/h8-31H,1-7H3. The van der Waals surface area contributed by atoms with E-state index in [-0.39, 0.29) is 10.8 Å². The molecule has 0 saturated heterocycles. The van der Waals surface area contributed by atoms with E-state index >= 15 is 0 Å². The summed E-state index contributed by atoms with van der Waals surface area (Å²) in [5, 5.41) is 0. The van der Waals surface area contributed by atoms with Crippen molar-refractivity contribution < 1.29 is 0 Å². The highest BCUT2D eigenvalue weighted by molar-refractivity contribution is 9.10. The van der Waals surface area contributed by atoms with E-state index in [1.54, 1.807) is 0 Å². The summed E-state index contributed by atoms with van der Waals surface area (Å²) in [4.78, 5) is 4.65. The average molecular weight is 694 g/mol. The Balaban J connectivity index is 1.31. The molecular weight excluding hydrogens is 648 g/mol. The van der Waals surface area contributed by atoms with Crippen LogP contribution in [-0.2, 0) is 10.8 Å². The second-order valence-corrected chi connectivity index (χ2v) is 15.6. The van der Waals surface area contributed by atoms with Gasteiger partial charge in [-0.1, -0.05) is 124 Å². The fourth-order valence-corrected chi connectivity index (χ4v) is 6.27. The molecule has 0 fully saturated rings. The lowest BCUT2D eigenvalue weighted by Crippen LogP contribution is -2.13. The zero-order chi connectivity index (χ0) is 34.1. The summed E-state index contributed by atoms with van der Waals surface area (Å²) < 4.78 is 1.07. The predicted octanol–water partition coefficient (Wildman–Crippen LogP) is 14.0. The van der Waals surface area contributed by atoms with Gasteiger partial charge in [0.15, 0.2) is 0 Å². The first-order valence-electron chi connectivity index (χ1n) is 16.7. The number of hydrogen-bond donors (Lipinski definition) is 0. The molecule has 242 valence electrons. The van der Waals surface area contributed by atoms with Crippen molar-refractivity contribution >= 4 is 50.1 Å². The number of nitrogens with zero attached hydrogens (tertiary/aromatic N) is 2. The van der Waals surface area contributed by atoms with Crippen LogP contribution in [0, 0.1) is 6.92 Å². The molecule has 6 aromatic carbocycles. The Morgan fingerprint density at radius 1 is 0.354 bits per heavy atom. The normalized spacial score (nSPS) is 11.8. The Hall–Kier alpha value is -4.60. The largest absolute Gasteiger partial charge is 0.311 e. The minimum absolute atomic E-state index is 0.103. The molecule has 0 aromatic heterocycles. The number of aryl methyl sites for hydroxylation is 1. The molecule has 0 aliphatic rings. The summed E-state index contributed by atoms with van der Waals surface area (Å²) in [6, 6.07) is 53.0. The maximum absolute atomic E-state index is 3.61. The van der Waals surface area contributed by atoms with Crippen LogP contribution in [0.3, 0.4) is 0 Å². The minimum atomic E-state index is 0.103. The van der Waals surface area contributed by atoms with Gasteiger partial charge in [0.2, 0.25) is 0 Å². The molecule has 0 heterocycles. The van der Waals surface area contributed by atoms with Crippen molar-refractivity contribution in [2.75, 3.05) is 9.80 Å². The average Bonchev–Trinajstić information content (AvgIpc) is 3.07. The lowest BCUT2D eigenvalue weighted by molar-refractivity contribution is 0.590. The molecule has 0 amide bonds. The monoisotopic (exact) mass is 692 g/mol. The first-order valence-corrected chi connectivity index (χ1v) is 17.5. The van der Waals surface area contributed by atoms with Crippen LogP contribution in [0.1, 0.15) is 58.2 Å². The number of hydrogen-bond acceptors (Lipinski definition) is 2. The molecule has 0 bridgehead atoms. The smallest absolute Gasteiger partial charge is 0.0462 e. The van der Waals surface area contributed by atoms with Gasteiger partial charge in [0, 0.05) is 38.6 Å². The van der Waals surface area contributed by atoms with Gasteiger partial charge >= 0.3 is 0 Å². The van der Waals surface area contributed by atoms with Crippen molar-refractivity contribution in [3.8, 4) is 11.1 Å². The fourth-order valence-electron chi connectivity index (χ4n) is 6.01. The van der Waals surface area contributed by atoms with Crippen molar-refractivity contribution in [2.45, 2.75) is 59.3 Å². The fraction of sp³-hybridized carbons (Fsp3) is 0.200. The summed E-state index contributed by atoms with van der Waals surface area (Å²) in [7, 11) is 0. The van der Waals surface area contributed by atoms with Gasteiger partial charge < -0.3 is 9.80 Å². The number of halogens is 1. The number of benzene rings is 6. The SMILES string of the molecule is Cc1ccc(N(c2ccc(-c3ccc(N(c4ccc(Br)cc4)c4ccc(C(C)(C)C)cc4)cc3)cc2)c2ccc(C(C)(C)C)cc2)cc1. The van der Waals surface area contributed by atoms with Crippen LogP contribution in [0.2, 0.25) is 0 Å². The van der Waals surface area contributed by atoms with Crippen LogP contribution in [0.15, 0.2) is 150 Å². The zero-order valence-electron chi connectivity index (χ0n) is 29.1. The zero-order valence-corrected chi connectivity index (χ0v) is 30.7. The molecule has 6 rings (SSSR count). The van der Waals surface area contributed by atoms with Crippen molar-refractivity contribution in [3.63, 3.8) is 0 Å². The molecule has 0 unspecified atom stereocenters. The maximum atomic E-state index is 3.61. The maximum Gasteiger partial charge on any atom is 0.0462 e. The van der Waals surface area contributed by atoms with Gasteiger partial charge in [0.25, 0.3) is 0 Å². The van der Waals surface area contributed by atoms with Gasteiger partial charge in [0.05, 0.1) is 0 Å². The summed E-state index contributed by atoms with van der Waals surface area (Å²) in [5.74, 6) is 0. The highest BCUT2D eigenvalue weighted by atomic mass is 79.9. The summed E-state index contributed by atoms with van der Waals surface area (Å²) >= 11 is 3.61. The van der Waals surface area contributed by atoms with Crippen molar-refractivity contribution in [3.05, 3.63) is 167 Å². The van der Waals surface area contributed by atoms with Gasteiger partial charge in [-0.3, -0.25) is 0 Å². The molecule has 0 aliphatic carbocycles. The van der Waals surface area contributed by atoms with Crippen LogP contribution in [0.25, 0.3) is 11.1 Å². The van der Waals surface area contributed by atoms with E-state index in [0.29, 0.717) is 0 Å². The summed E-state index contributed by atoms with van der Waals surface area (Å²) in [6.45, 7) is 15.7. The second-order valence-electron chi connectivity index (χ2n) is 14.7. The van der Waals surface area contributed by atoms with Gasteiger partial charge in [-0.05, 0) is 125 Å². The van der Waals surface area contributed by atoms with E-state index in [1.807, 2.05) is 0 Å². The highest BCUT2D eigenvalue weighted by Crippen LogP contribution is 2.39.